The summed E-state index contributed by atoms with van der Waals surface area (Å²) < 4.78 is 0. The van der Waals surface area contributed by atoms with E-state index in [0.29, 0.717) is 10.6 Å². The molecular formula is C16H16ClNO. The van der Waals surface area contributed by atoms with E-state index in [1.165, 1.54) is 0 Å². The number of amides is 1. The van der Waals surface area contributed by atoms with Crippen molar-refractivity contribution in [2.45, 2.75) is 13.0 Å². The minimum Gasteiger partial charge on any atom is -0.335 e. The zero-order chi connectivity index (χ0) is 13.8. The van der Waals surface area contributed by atoms with E-state index in [1.54, 1.807) is 24.1 Å². The van der Waals surface area contributed by atoms with Gasteiger partial charge in [-0.25, -0.2) is 0 Å². The van der Waals surface area contributed by atoms with Crippen LogP contribution in [0.1, 0.15) is 28.9 Å². The third-order valence-corrected chi connectivity index (χ3v) is 3.62. The summed E-state index contributed by atoms with van der Waals surface area (Å²) in [5.74, 6) is -0.0676. The SMILES string of the molecule is CC(c1ccccc1)N(C)C(=O)c1ccccc1Cl. The van der Waals surface area contributed by atoms with Crippen molar-refractivity contribution in [1.82, 2.24) is 4.90 Å². The van der Waals surface area contributed by atoms with E-state index in [1.807, 2.05) is 49.4 Å². The third-order valence-electron chi connectivity index (χ3n) is 3.29. The van der Waals surface area contributed by atoms with Gasteiger partial charge in [0.15, 0.2) is 0 Å². The Bertz CT molecular complexity index is 568. The van der Waals surface area contributed by atoms with Crippen LogP contribution in [0, 0.1) is 0 Å². The van der Waals surface area contributed by atoms with E-state index in [0.717, 1.165) is 5.56 Å². The van der Waals surface area contributed by atoms with Crippen LogP contribution in [-0.4, -0.2) is 17.9 Å². The predicted molar refractivity (Wildman–Crippen MR) is 78.4 cm³/mol. The molecule has 2 aromatic rings. The Morgan fingerprint density at radius 3 is 2.26 bits per heavy atom. The van der Waals surface area contributed by atoms with Crippen LogP contribution >= 0.6 is 11.6 Å². The smallest absolute Gasteiger partial charge is 0.255 e. The van der Waals surface area contributed by atoms with Crippen molar-refractivity contribution in [3.63, 3.8) is 0 Å². The maximum absolute atomic E-state index is 12.4. The summed E-state index contributed by atoms with van der Waals surface area (Å²) in [4.78, 5) is 14.1. The molecule has 19 heavy (non-hydrogen) atoms. The molecule has 0 fully saturated rings. The lowest BCUT2D eigenvalue weighted by molar-refractivity contribution is 0.0743. The first-order chi connectivity index (χ1) is 9.11. The van der Waals surface area contributed by atoms with E-state index in [4.69, 9.17) is 11.6 Å². The minimum atomic E-state index is -0.0676. The first-order valence-electron chi connectivity index (χ1n) is 6.18. The van der Waals surface area contributed by atoms with Gasteiger partial charge in [-0.05, 0) is 24.6 Å². The third kappa shape index (κ3) is 2.96. The number of rotatable bonds is 3. The Morgan fingerprint density at radius 1 is 1.05 bits per heavy atom. The zero-order valence-electron chi connectivity index (χ0n) is 11.0. The van der Waals surface area contributed by atoms with E-state index >= 15 is 0 Å². The summed E-state index contributed by atoms with van der Waals surface area (Å²) in [5, 5.41) is 0.486. The largest absolute Gasteiger partial charge is 0.335 e. The Labute approximate surface area is 118 Å². The molecule has 1 atom stereocenters. The van der Waals surface area contributed by atoms with Gasteiger partial charge in [0.2, 0.25) is 0 Å². The highest BCUT2D eigenvalue weighted by molar-refractivity contribution is 6.33. The zero-order valence-corrected chi connectivity index (χ0v) is 11.8. The Morgan fingerprint density at radius 2 is 1.63 bits per heavy atom. The number of halogens is 1. The molecule has 0 N–H and O–H groups in total. The number of hydrogen-bond acceptors (Lipinski definition) is 1. The van der Waals surface area contributed by atoms with Crippen LogP contribution in [-0.2, 0) is 0 Å². The average Bonchev–Trinajstić information content (AvgIpc) is 2.46. The number of carbonyl (C=O) groups is 1. The Kier molecular flexibility index (Phi) is 4.23. The normalized spacial score (nSPS) is 11.9. The fourth-order valence-corrected chi connectivity index (χ4v) is 2.17. The van der Waals surface area contributed by atoms with Crippen molar-refractivity contribution in [2.24, 2.45) is 0 Å². The van der Waals surface area contributed by atoms with Crippen LogP contribution in [0.4, 0.5) is 0 Å². The molecule has 0 aromatic heterocycles. The molecule has 0 radical (unpaired) electrons. The first kappa shape index (κ1) is 13.6. The second kappa shape index (κ2) is 5.89. The monoisotopic (exact) mass is 273 g/mol. The van der Waals surface area contributed by atoms with Crippen LogP contribution < -0.4 is 0 Å². The van der Waals surface area contributed by atoms with Gasteiger partial charge in [-0.1, -0.05) is 54.1 Å². The lowest BCUT2D eigenvalue weighted by Crippen LogP contribution is -2.29. The molecule has 0 aliphatic rings. The lowest BCUT2D eigenvalue weighted by atomic mass is 10.1. The van der Waals surface area contributed by atoms with Gasteiger partial charge < -0.3 is 4.90 Å². The maximum Gasteiger partial charge on any atom is 0.255 e. The van der Waals surface area contributed by atoms with E-state index in [9.17, 15) is 4.79 Å². The van der Waals surface area contributed by atoms with Crippen molar-refractivity contribution in [3.05, 3.63) is 70.7 Å². The van der Waals surface area contributed by atoms with Crippen LogP contribution in [0.15, 0.2) is 54.6 Å². The van der Waals surface area contributed by atoms with Crippen molar-refractivity contribution in [2.75, 3.05) is 7.05 Å². The van der Waals surface area contributed by atoms with Crippen LogP contribution in [0.3, 0.4) is 0 Å². The van der Waals surface area contributed by atoms with Crippen LogP contribution in [0.2, 0.25) is 5.02 Å². The van der Waals surface area contributed by atoms with E-state index in [2.05, 4.69) is 0 Å². The fourth-order valence-electron chi connectivity index (χ4n) is 1.96. The standard InChI is InChI=1S/C16H16ClNO/c1-12(13-8-4-3-5-9-13)18(2)16(19)14-10-6-7-11-15(14)17/h3-12H,1-2H3. The minimum absolute atomic E-state index is 0.00460. The second-order valence-corrected chi connectivity index (χ2v) is 4.89. The fraction of sp³-hybridized carbons (Fsp3) is 0.188. The summed E-state index contributed by atoms with van der Waals surface area (Å²) in [6, 6.07) is 17.1. The van der Waals surface area contributed by atoms with Crippen molar-refractivity contribution in [1.29, 1.82) is 0 Å². The van der Waals surface area contributed by atoms with Gasteiger partial charge in [-0.15, -0.1) is 0 Å². The molecule has 1 unspecified atom stereocenters. The Hall–Kier alpha value is -1.80. The number of carbonyl (C=O) groups excluding carboxylic acids is 1. The van der Waals surface area contributed by atoms with Gasteiger partial charge in [0, 0.05) is 7.05 Å². The summed E-state index contributed by atoms with van der Waals surface area (Å²) in [6.07, 6.45) is 0. The van der Waals surface area contributed by atoms with Gasteiger partial charge in [0.05, 0.1) is 16.6 Å². The molecule has 0 saturated heterocycles. The van der Waals surface area contributed by atoms with Gasteiger partial charge in [0.25, 0.3) is 5.91 Å². The highest BCUT2D eigenvalue weighted by atomic mass is 35.5. The molecule has 2 rings (SSSR count). The molecule has 0 bridgehead atoms. The second-order valence-electron chi connectivity index (χ2n) is 4.48. The van der Waals surface area contributed by atoms with Crippen molar-refractivity contribution < 1.29 is 4.79 Å². The molecule has 3 heteroatoms. The summed E-state index contributed by atoms with van der Waals surface area (Å²) in [6.45, 7) is 2.00. The highest BCUT2D eigenvalue weighted by Gasteiger charge is 2.20. The van der Waals surface area contributed by atoms with Crippen molar-refractivity contribution >= 4 is 17.5 Å². The topological polar surface area (TPSA) is 20.3 Å². The lowest BCUT2D eigenvalue weighted by Gasteiger charge is -2.25. The average molecular weight is 274 g/mol. The van der Waals surface area contributed by atoms with Gasteiger partial charge in [-0.3, -0.25) is 4.79 Å². The Balaban J connectivity index is 2.23. The van der Waals surface area contributed by atoms with Crippen LogP contribution in [0.25, 0.3) is 0 Å². The molecule has 0 aliphatic heterocycles. The van der Waals surface area contributed by atoms with E-state index < -0.39 is 0 Å². The maximum atomic E-state index is 12.4. The van der Waals surface area contributed by atoms with Gasteiger partial charge >= 0.3 is 0 Å². The molecule has 0 spiro atoms. The van der Waals surface area contributed by atoms with Crippen molar-refractivity contribution in [3.8, 4) is 0 Å². The summed E-state index contributed by atoms with van der Waals surface area (Å²) in [7, 11) is 1.79. The predicted octanol–water partition coefficient (Wildman–Crippen LogP) is 4.17. The summed E-state index contributed by atoms with van der Waals surface area (Å²) >= 11 is 6.07. The van der Waals surface area contributed by atoms with Gasteiger partial charge in [-0.2, -0.15) is 0 Å². The summed E-state index contributed by atoms with van der Waals surface area (Å²) in [5.41, 5.74) is 1.64. The molecule has 2 aromatic carbocycles. The molecule has 0 heterocycles. The molecule has 0 saturated carbocycles. The molecule has 1 amide bonds. The quantitative estimate of drug-likeness (QED) is 0.822. The van der Waals surface area contributed by atoms with Gasteiger partial charge in [0.1, 0.15) is 0 Å². The number of nitrogens with zero attached hydrogens (tertiary/aromatic N) is 1. The highest BCUT2D eigenvalue weighted by Crippen LogP contribution is 2.23. The molecule has 2 nitrogen and oxygen atoms in total. The molecule has 0 aliphatic carbocycles. The van der Waals surface area contributed by atoms with E-state index in [-0.39, 0.29) is 11.9 Å². The number of benzene rings is 2. The first-order valence-corrected chi connectivity index (χ1v) is 6.55. The number of hydrogen-bond donors (Lipinski definition) is 0. The molecule has 98 valence electrons. The molecular weight excluding hydrogens is 258 g/mol. The van der Waals surface area contributed by atoms with Crippen LogP contribution in [0.5, 0.6) is 0 Å².